The van der Waals surface area contributed by atoms with E-state index in [0.717, 1.165) is 49.4 Å². The van der Waals surface area contributed by atoms with Gasteiger partial charge in [-0.2, -0.15) is 0 Å². The Hall–Kier alpha value is -2.89. The summed E-state index contributed by atoms with van der Waals surface area (Å²) in [4.78, 5) is 24.2. The SMILES string of the molecule is CC(C)CCn1c(N2CCC[C@H](C(=O)NCc3cccnc3)C2)nc2ccccc21. The second-order valence-corrected chi connectivity index (χ2v) is 8.60. The number of aromatic nitrogens is 3. The Bertz CT molecular complexity index is 982. The minimum Gasteiger partial charge on any atom is -0.352 e. The highest BCUT2D eigenvalue weighted by atomic mass is 16.1. The van der Waals surface area contributed by atoms with Crippen LogP contribution in [0, 0.1) is 11.8 Å². The fourth-order valence-electron chi connectivity index (χ4n) is 4.12. The number of benzene rings is 1. The molecule has 1 fully saturated rings. The number of carbonyl (C=O) groups excluding carboxylic acids is 1. The maximum absolute atomic E-state index is 12.8. The van der Waals surface area contributed by atoms with Crippen LogP contribution in [0.3, 0.4) is 0 Å². The average Bonchev–Trinajstić information content (AvgIpc) is 3.15. The molecular formula is C24H31N5O. The number of imidazole rings is 1. The Labute approximate surface area is 178 Å². The number of piperidine rings is 1. The zero-order valence-corrected chi connectivity index (χ0v) is 17.9. The third-order valence-corrected chi connectivity index (χ3v) is 5.83. The van der Waals surface area contributed by atoms with Gasteiger partial charge in [0, 0.05) is 38.6 Å². The topological polar surface area (TPSA) is 63.1 Å². The molecule has 1 aromatic carbocycles. The highest BCUT2D eigenvalue weighted by Gasteiger charge is 2.28. The number of aryl methyl sites for hydroxylation is 1. The van der Waals surface area contributed by atoms with Crippen LogP contribution in [0.2, 0.25) is 0 Å². The molecule has 0 aliphatic carbocycles. The number of hydrogen-bond acceptors (Lipinski definition) is 4. The Morgan fingerprint density at radius 2 is 2.10 bits per heavy atom. The summed E-state index contributed by atoms with van der Waals surface area (Å²) in [5.74, 6) is 1.73. The van der Waals surface area contributed by atoms with Gasteiger partial charge in [-0.25, -0.2) is 4.98 Å². The number of para-hydroxylation sites is 2. The molecule has 1 saturated heterocycles. The summed E-state index contributed by atoms with van der Waals surface area (Å²) in [5.41, 5.74) is 3.23. The van der Waals surface area contributed by atoms with Crippen molar-refractivity contribution in [2.45, 2.75) is 46.2 Å². The van der Waals surface area contributed by atoms with Crippen LogP contribution < -0.4 is 10.2 Å². The smallest absolute Gasteiger partial charge is 0.225 e. The van der Waals surface area contributed by atoms with E-state index in [4.69, 9.17) is 4.98 Å². The maximum Gasteiger partial charge on any atom is 0.225 e. The van der Waals surface area contributed by atoms with Crippen molar-refractivity contribution < 1.29 is 4.79 Å². The van der Waals surface area contributed by atoms with Crippen molar-refractivity contribution in [3.05, 3.63) is 54.4 Å². The number of nitrogens with one attached hydrogen (secondary N) is 1. The third-order valence-electron chi connectivity index (χ3n) is 5.83. The van der Waals surface area contributed by atoms with Gasteiger partial charge in [0.15, 0.2) is 0 Å². The first kappa shape index (κ1) is 20.4. The van der Waals surface area contributed by atoms with Gasteiger partial charge in [-0.1, -0.05) is 32.0 Å². The van der Waals surface area contributed by atoms with Crippen molar-refractivity contribution in [2.24, 2.45) is 11.8 Å². The van der Waals surface area contributed by atoms with Crippen molar-refractivity contribution in [1.82, 2.24) is 19.9 Å². The van der Waals surface area contributed by atoms with Gasteiger partial charge in [0.1, 0.15) is 0 Å². The molecule has 30 heavy (non-hydrogen) atoms. The minimum absolute atomic E-state index is 0.0196. The lowest BCUT2D eigenvalue weighted by atomic mass is 9.97. The highest BCUT2D eigenvalue weighted by molar-refractivity contribution is 5.81. The van der Waals surface area contributed by atoms with E-state index in [0.29, 0.717) is 19.0 Å². The molecule has 1 aliphatic rings. The van der Waals surface area contributed by atoms with Crippen LogP contribution in [0.1, 0.15) is 38.7 Å². The fourth-order valence-corrected chi connectivity index (χ4v) is 4.12. The first-order chi connectivity index (χ1) is 14.6. The lowest BCUT2D eigenvalue weighted by Gasteiger charge is -2.33. The molecule has 6 nitrogen and oxygen atoms in total. The van der Waals surface area contributed by atoms with E-state index in [1.165, 1.54) is 5.52 Å². The Morgan fingerprint density at radius 1 is 1.23 bits per heavy atom. The second-order valence-electron chi connectivity index (χ2n) is 8.60. The molecule has 3 aromatic rings. The van der Waals surface area contributed by atoms with Crippen LogP contribution in [0.5, 0.6) is 0 Å². The number of anilines is 1. The number of carbonyl (C=O) groups is 1. The van der Waals surface area contributed by atoms with Gasteiger partial charge in [-0.3, -0.25) is 9.78 Å². The van der Waals surface area contributed by atoms with Crippen LogP contribution in [0.4, 0.5) is 5.95 Å². The quantitative estimate of drug-likeness (QED) is 0.645. The van der Waals surface area contributed by atoms with Crippen LogP contribution in [0.15, 0.2) is 48.8 Å². The molecule has 158 valence electrons. The maximum atomic E-state index is 12.8. The van der Waals surface area contributed by atoms with Gasteiger partial charge < -0.3 is 14.8 Å². The Kier molecular flexibility index (Phi) is 6.31. The van der Waals surface area contributed by atoms with E-state index in [9.17, 15) is 4.79 Å². The summed E-state index contributed by atoms with van der Waals surface area (Å²) in [7, 11) is 0. The number of fused-ring (bicyclic) bond motifs is 1. The fraction of sp³-hybridized carbons (Fsp3) is 0.458. The lowest BCUT2D eigenvalue weighted by Crippen LogP contribution is -2.43. The van der Waals surface area contributed by atoms with E-state index >= 15 is 0 Å². The van der Waals surface area contributed by atoms with Gasteiger partial charge in [0.25, 0.3) is 0 Å². The van der Waals surface area contributed by atoms with E-state index in [1.807, 2.05) is 18.2 Å². The van der Waals surface area contributed by atoms with E-state index in [-0.39, 0.29) is 11.8 Å². The van der Waals surface area contributed by atoms with Gasteiger partial charge >= 0.3 is 0 Å². The summed E-state index contributed by atoms with van der Waals surface area (Å²) >= 11 is 0. The van der Waals surface area contributed by atoms with Crippen LogP contribution in [-0.4, -0.2) is 33.5 Å². The van der Waals surface area contributed by atoms with E-state index in [1.54, 1.807) is 12.4 Å². The first-order valence-corrected chi connectivity index (χ1v) is 11.0. The monoisotopic (exact) mass is 405 g/mol. The van der Waals surface area contributed by atoms with Gasteiger partial charge in [-0.15, -0.1) is 0 Å². The predicted molar refractivity (Wildman–Crippen MR) is 120 cm³/mol. The molecule has 0 unspecified atom stereocenters. The second kappa shape index (κ2) is 9.28. The molecular weight excluding hydrogens is 374 g/mol. The molecule has 0 saturated carbocycles. The zero-order chi connectivity index (χ0) is 20.9. The molecule has 1 atom stereocenters. The van der Waals surface area contributed by atoms with Gasteiger partial charge in [0.05, 0.1) is 17.0 Å². The molecule has 0 radical (unpaired) electrons. The first-order valence-electron chi connectivity index (χ1n) is 11.0. The third kappa shape index (κ3) is 4.64. The van der Waals surface area contributed by atoms with Crippen LogP contribution in [0.25, 0.3) is 11.0 Å². The van der Waals surface area contributed by atoms with Gasteiger partial charge in [0.2, 0.25) is 11.9 Å². The molecule has 6 heteroatoms. The van der Waals surface area contributed by atoms with Crippen LogP contribution in [-0.2, 0) is 17.9 Å². The summed E-state index contributed by atoms with van der Waals surface area (Å²) in [6, 6.07) is 12.2. The number of nitrogens with zero attached hydrogens (tertiary/aromatic N) is 4. The molecule has 2 aromatic heterocycles. The van der Waals surface area contributed by atoms with Crippen molar-refractivity contribution in [3.8, 4) is 0 Å². The number of rotatable bonds is 7. The number of hydrogen-bond donors (Lipinski definition) is 1. The minimum atomic E-state index is -0.0196. The van der Waals surface area contributed by atoms with Crippen molar-refractivity contribution in [2.75, 3.05) is 18.0 Å². The normalized spacial score (nSPS) is 16.9. The molecule has 0 bridgehead atoms. The molecule has 4 rings (SSSR count). The van der Waals surface area contributed by atoms with Gasteiger partial charge in [-0.05, 0) is 48.9 Å². The summed E-state index contributed by atoms with van der Waals surface area (Å²) < 4.78 is 2.34. The molecule has 3 heterocycles. The van der Waals surface area contributed by atoms with E-state index in [2.05, 4.69) is 51.8 Å². The van der Waals surface area contributed by atoms with Crippen LogP contribution >= 0.6 is 0 Å². The molecule has 1 amide bonds. The molecule has 1 N–H and O–H groups in total. The largest absolute Gasteiger partial charge is 0.352 e. The Balaban J connectivity index is 1.49. The lowest BCUT2D eigenvalue weighted by molar-refractivity contribution is -0.125. The molecule has 0 spiro atoms. The van der Waals surface area contributed by atoms with E-state index < -0.39 is 0 Å². The summed E-state index contributed by atoms with van der Waals surface area (Å²) in [6.07, 6.45) is 6.57. The zero-order valence-electron chi connectivity index (χ0n) is 17.9. The molecule has 1 aliphatic heterocycles. The Morgan fingerprint density at radius 3 is 2.90 bits per heavy atom. The summed E-state index contributed by atoms with van der Waals surface area (Å²) in [6.45, 7) is 7.63. The predicted octanol–water partition coefficient (Wildman–Crippen LogP) is 4.01. The number of pyridine rings is 1. The number of amides is 1. The van der Waals surface area contributed by atoms with Crippen molar-refractivity contribution in [1.29, 1.82) is 0 Å². The summed E-state index contributed by atoms with van der Waals surface area (Å²) in [5, 5.41) is 3.09. The highest BCUT2D eigenvalue weighted by Crippen LogP contribution is 2.28. The van der Waals surface area contributed by atoms with Crippen molar-refractivity contribution in [3.63, 3.8) is 0 Å². The standard InChI is InChI=1S/C24H31N5O/c1-18(2)11-14-29-22-10-4-3-9-21(22)27-24(29)28-13-6-8-20(17-28)23(30)26-16-19-7-5-12-25-15-19/h3-5,7,9-10,12,15,18,20H,6,8,11,13-14,16-17H2,1-2H3,(H,26,30)/t20-/m0/s1. The average molecular weight is 406 g/mol. The van der Waals surface area contributed by atoms with Crippen molar-refractivity contribution >= 4 is 22.9 Å².